The average molecular weight is 343 g/mol. The van der Waals surface area contributed by atoms with Gasteiger partial charge >= 0.3 is 0 Å². The molecule has 128 valence electrons. The molecule has 23 heavy (non-hydrogen) atoms. The normalized spacial score (nSPS) is 18.0. The first-order valence-electron chi connectivity index (χ1n) is 7.91. The zero-order valence-electron chi connectivity index (χ0n) is 13.9. The molecule has 1 aliphatic rings. The SMILES string of the molecule is CO[C@H](C)[C@@H](CN1CCCC1)N(C)C(=O)c1ccc(F)cc1Cl. The topological polar surface area (TPSA) is 32.8 Å². The number of methoxy groups -OCH3 is 1. The number of benzene rings is 1. The molecule has 0 saturated carbocycles. The summed E-state index contributed by atoms with van der Waals surface area (Å²) in [6.07, 6.45) is 2.27. The molecule has 1 aromatic carbocycles. The van der Waals surface area contributed by atoms with Gasteiger partial charge in [0.2, 0.25) is 0 Å². The van der Waals surface area contributed by atoms with Crippen molar-refractivity contribution in [2.24, 2.45) is 0 Å². The highest BCUT2D eigenvalue weighted by molar-refractivity contribution is 6.33. The minimum atomic E-state index is -0.451. The van der Waals surface area contributed by atoms with E-state index in [1.807, 2.05) is 6.92 Å². The number of likely N-dealkylation sites (N-methyl/N-ethyl adjacent to an activating group) is 1. The van der Waals surface area contributed by atoms with Gasteiger partial charge in [-0.1, -0.05) is 11.6 Å². The molecule has 0 spiro atoms. The fraction of sp³-hybridized carbons (Fsp3) is 0.588. The van der Waals surface area contributed by atoms with Gasteiger partial charge in [-0.25, -0.2) is 4.39 Å². The fourth-order valence-electron chi connectivity index (χ4n) is 2.98. The van der Waals surface area contributed by atoms with E-state index in [0.717, 1.165) is 25.7 Å². The van der Waals surface area contributed by atoms with Crippen LogP contribution in [-0.2, 0) is 4.74 Å². The third-order valence-electron chi connectivity index (χ3n) is 4.54. The summed E-state index contributed by atoms with van der Waals surface area (Å²) in [5.74, 6) is -0.670. The number of rotatable bonds is 6. The lowest BCUT2D eigenvalue weighted by Gasteiger charge is -2.35. The highest BCUT2D eigenvalue weighted by atomic mass is 35.5. The first kappa shape index (κ1) is 18.2. The summed E-state index contributed by atoms with van der Waals surface area (Å²) in [7, 11) is 3.39. The summed E-state index contributed by atoms with van der Waals surface area (Å²) in [5, 5.41) is 0.131. The Hall–Kier alpha value is -1.17. The Labute approximate surface area is 142 Å². The van der Waals surface area contributed by atoms with Crippen LogP contribution in [0.3, 0.4) is 0 Å². The first-order valence-corrected chi connectivity index (χ1v) is 8.29. The lowest BCUT2D eigenvalue weighted by molar-refractivity contribution is 0.0197. The van der Waals surface area contributed by atoms with Crippen molar-refractivity contribution in [3.8, 4) is 0 Å². The van der Waals surface area contributed by atoms with Crippen LogP contribution >= 0.6 is 11.6 Å². The van der Waals surface area contributed by atoms with Crippen molar-refractivity contribution in [1.29, 1.82) is 0 Å². The van der Waals surface area contributed by atoms with Crippen molar-refractivity contribution < 1.29 is 13.9 Å². The van der Waals surface area contributed by atoms with E-state index in [1.54, 1.807) is 19.1 Å². The third kappa shape index (κ3) is 4.43. The van der Waals surface area contributed by atoms with Gasteiger partial charge < -0.3 is 14.5 Å². The summed E-state index contributed by atoms with van der Waals surface area (Å²) in [4.78, 5) is 16.8. The number of nitrogens with zero attached hydrogens (tertiary/aromatic N) is 2. The van der Waals surface area contributed by atoms with Crippen LogP contribution in [0.15, 0.2) is 18.2 Å². The average Bonchev–Trinajstić information content (AvgIpc) is 3.03. The van der Waals surface area contributed by atoms with Crippen LogP contribution in [0.25, 0.3) is 0 Å². The van der Waals surface area contributed by atoms with Gasteiger partial charge in [-0.3, -0.25) is 4.79 Å². The lowest BCUT2D eigenvalue weighted by atomic mass is 10.1. The summed E-state index contributed by atoms with van der Waals surface area (Å²) in [5.41, 5.74) is 0.310. The predicted molar refractivity (Wildman–Crippen MR) is 89.4 cm³/mol. The molecule has 0 aromatic heterocycles. The Morgan fingerprint density at radius 2 is 2.09 bits per heavy atom. The van der Waals surface area contributed by atoms with Crippen molar-refractivity contribution in [1.82, 2.24) is 9.80 Å². The maximum absolute atomic E-state index is 13.2. The minimum absolute atomic E-state index is 0.0910. The van der Waals surface area contributed by atoms with Crippen LogP contribution in [0.1, 0.15) is 30.1 Å². The van der Waals surface area contributed by atoms with Gasteiger partial charge in [0.15, 0.2) is 0 Å². The molecule has 2 rings (SSSR count). The fourth-order valence-corrected chi connectivity index (χ4v) is 3.22. The zero-order valence-corrected chi connectivity index (χ0v) is 14.6. The van der Waals surface area contributed by atoms with Gasteiger partial charge in [0.05, 0.1) is 22.7 Å². The van der Waals surface area contributed by atoms with Crippen molar-refractivity contribution in [3.63, 3.8) is 0 Å². The van der Waals surface area contributed by atoms with Crippen LogP contribution < -0.4 is 0 Å². The Morgan fingerprint density at radius 1 is 1.43 bits per heavy atom. The molecule has 1 aliphatic heterocycles. The number of amides is 1. The largest absolute Gasteiger partial charge is 0.380 e. The number of hydrogen-bond acceptors (Lipinski definition) is 3. The van der Waals surface area contributed by atoms with Crippen LogP contribution in [0, 0.1) is 5.82 Å². The molecular weight excluding hydrogens is 319 g/mol. The number of likely N-dealkylation sites (tertiary alicyclic amines) is 1. The Balaban J connectivity index is 2.17. The second-order valence-corrected chi connectivity index (χ2v) is 6.46. The maximum Gasteiger partial charge on any atom is 0.255 e. The van der Waals surface area contributed by atoms with Crippen molar-refractivity contribution >= 4 is 17.5 Å². The zero-order chi connectivity index (χ0) is 17.0. The van der Waals surface area contributed by atoms with E-state index in [2.05, 4.69) is 4.90 Å². The summed E-state index contributed by atoms with van der Waals surface area (Å²) >= 11 is 6.03. The van der Waals surface area contributed by atoms with Crippen LogP contribution in [0.5, 0.6) is 0 Å². The van der Waals surface area contributed by atoms with Gasteiger partial charge in [-0.2, -0.15) is 0 Å². The molecule has 2 atom stereocenters. The standard InChI is InChI=1S/C17H24ClFN2O2/c1-12(23-3)16(11-21-8-4-5-9-21)20(2)17(22)14-7-6-13(19)10-15(14)18/h6-7,10,12,16H,4-5,8-9,11H2,1-3H3/t12-,16-/m1/s1. The van der Waals surface area contributed by atoms with Crippen LogP contribution in [-0.4, -0.2) is 61.6 Å². The van der Waals surface area contributed by atoms with Gasteiger partial charge in [-0.05, 0) is 51.1 Å². The monoisotopic (exact) mass is 342 g/mol. The van der Waals surface area contributed by atoms with Gasteiger partial charge in [-0.15, -0.1) is 0 Å². The van der Waals surface area contributed by atoms with Crippen molar-refractivity contribution in [2.45, 2.75) is 31.9 Å². The Kier molecular flexibility index (Phi) is 6.39. The molecule has 0 bridgehead atoms. The molecular formula is C17H24ClFN2O2. The van der Waals surface area contributed by atoms with Crippen molar-refractivity contribution in [2.75, 3.05) is 33.8 Å². The molecule has 0 aliphatic carbocycles. The molecule has 1 aromatic rings. The highest BCUT2D eigenvalue weighted by Gasteiger charge is 2.30. The van der Waals surface area contributed by atoms with Crippen molar-refractivity contribution in [3.05, 3.63) is 34.6 Å². The second-order valence-electron chi connectivity index (χ2n) is 6.06. The molecule has 4 nitrogen and oxygen atoms in total. The molecule has 0 N–H and O–H groups in total. The van der Waals surface area contributed by atoms with E-state index in [1.165, 1.54) is 25.0 Å². The highest BCUT2D eigenvalue weighted by Crippen LogP contribution is 2.21. The van der Waals surface area contributed by atoms with Crippen LogP contribution in [0.4, 0.5) is 4.39 Å². The van der Waals surface area contributed by atoms with E-state index >= 15 is 0 Å². The Morgan fingerprint density at radius 3 is 2.65 bits per heavy atom. The molecule has 1 amide bonds. The Bertz CT molecular complexity index is 549. The van der Waals surface area contributed by atoms with E-state index in [4.69, 9.17) is 16.3 Å². The number of ether oxygens (including phenoxy) is 1. The van der Waals surface area contributed by atoms with E-state index in [-0.39, 0.29) is 23.1 Å². The molecule has 1 heterocycles. The second kappa shape index (κ2) is 8.08. The van der Waals surface area contributed by atoms with Crippen LogP contribution in [0.2, 0.25) is 5.02 Å². The minimum Gasteiger partial charge on any atom is -0.380 e. The number of hydrogen-bond donors (Lipinski definition) is 0. The molecule has 0 unspecified atom stereocenters. The molecule has 0 radical (unpaired) electrons. The third-order valence-corrected chi connectivity index (χ3v) is 4.85. The quantitative estimate of drug-likeness (QED) is 0.796. The van der Waals surface area contributed by atoms with Gasteiger partial charge in [0.1, 0.15) is 5.82 Å². The maximum atomic E-state index is 13.2. The first-order chi connectivity index (χ1) is 10.9. The molecule has 6 heteroatoms. The summed E-state index contributed by atoms with van der Waals surface area (Å²) < 4.78 is 18.7. The van der Waals surface area contributed by atoms with E-state index < -0.39 is 5.82 Å². The summed E-state index contributed by atoms with van der Waals surface area (Å²) in [6.45, 7) is 4.81. The van der Waals surface area contributed by atoms with Gasteiger partial charge in [0, 0.05) is 20.7 Å². The molecule has 1 fully saturated rings. The predicted octanol–water partition coefficient (Wildman–Crippen LogP) is 3.05. The summed E-state index contributed by atoms with van der Waals surface area (Å²) in [6, 6.07) is 3.76. The number of carbonyl (C=O) groups excluding carboxylic acids is 1. The number of carbonyl (C=O) groups is 1. The van der Waals surface area contributed by atoms with E-state index in [9.17, 15) is 9.18 Å². The number of halogens is 2. The van der Waals surface area contributed by atoms with E-state index in [0.29, 0.717) is 5.56 Å². The van der Waals surface area contributed by atoms with Gasteiger partial charge in [0.25, 0.3) is 5.91 Å². The smallest absolute Gasteiger partial charge is 0.255 e. The molecule has 1 saturated heterocycles. The lowest BCUT2D eigenvalue weighted by Crippen LogP contribution is -2.50.